The van der Waals surface area contributed by atoms with Crippen molar-refractivity contribution in [3.8, 4) is 0 Å². The number of rotatable bonds is 6. The first-order valence-electron chi connectivity index (χ1n) is 10.3. The molecule has 0 bridgehead atoms. The van der Waals surface area contributed by atoms with Gasteiger partial charge in [0.2, 0.25) is 5.91 Å². The molecule has 0 radical (unpaired) electrons. The Hall–Kier alpha value is -3.85. The van der Waals surface area contributed by atoms with E-state index in [-0.39, 0.29) is 10.6 Å². The van der Waals surface area contributed by atoms with Gasteiger partial charge < -0.3 is 5.32 Å². The molecule has 0 aliphatic heterocycles. The highest BCUT2D eigenvalue weighted by molar-refractivity contribution is 7.92. The lowest BCUT2D eigenvalue weighted by Crippen LogP contribution is -2.38. The first kappa shape index (κ1) is 22.3. The molecule has 0 aliphatic carbocycles. The second-order valence-corrected chi connectivity index (χ2v) is 9.63. The van der Waals surface area contributed by atoms with Gasteiger partial charge in [-0.2, -0.15) is 0 Å². The Kier molecular flexibility index (Phi) is 5.82. The lowest BCUT2D eigenvalue weighted by molar-refractivity contribution is -0.114. The molecule has 170 valence electrons. The van der Waals surface area contributed by atoms with E-state index in [1.54, 1.807) is 75.6 Å². The second-order valence-electron chi connectivity index (χ2n) is 7.76. The number of imidazole rings is 1. The maximum atomic E-state index is 13.4. The molecule has 0 fully saturated rings. The van der Waals surface area contributed by atoms with Crippen molar-refractivity contribution in [2.45, 2.75) is 11.8 Å². The number of nitrogens with one attached hydrogen (secondary N) is 1. The summed E-state index contributed by atoms with van der Waals surface area (Å²) in [5.74, 6) is -0.502. The van der Waals surface area contributed by atoms with Crippen molar-refractivity contribution in [3.63, 3.8) is 0 Å². The quantitative estimate of drug-likeness (QED) is 0.475. The fourth-order valence-corrected chi connectivity index (χ4v) is 5.28. The minimum absolute atomic E-state index is 0.0989. The van der Waals surface area contributed by atoms with E-state index in [0.29, 0.717) is 16.9 Å². The monoisotopic (exact) mass is 464 g/mol. The van der Waals surface area contributed by atoms with Crippen molar-refractivity contribution in [2.75, 3.05) is 16.2 Å². The number of anilines is 2. The van der Waals surface area contributed by atoms with Gasteiger partial charge in [0.05, 0.1) is 21.6 Å². The summed E-state index contributed by atoms with van der Waals surface area (Å²) in [6.45, 7) is 1.39. The summed E-state index contributed by atoms with van der Waals surface area (Å²) >= 11 is 0. The molecule has 9 heteroatoms. The van der Waals surface area contributed by atoms with Crippen LogP contribution >= 0.6 is 0 Å². The minimum atomic E-state index is -3.98. The van der Waals surface area contributed by atoms with E-state index < -0.39 is 22.5 Å². The third-order valence-corrected chi connectivity index (χ3v) is 7.33. The predicted octanol–water partition coefficient (Wildman–Crippen LogP) is 3.02. The van der Waals surface area contributed by atoms with E-state index >= 15 is 0 Å². The van der Waals surface area contributed by atoms with Crippen molar-refractivity contribution < 1.29 is 13.2 Å². The van der Waals surface area contributed by atoms with Crippen molar-refractivity contribution in [2.24, 2.45) is 14.1 Å². The van der Waals surface area contributed by atoms with Gasteiger partial charge in [-0.25, -0.2) is 13.2 Å². The number of sulfonamides is 1. The predicted molar refractivity (Wildman–Crippen MR) is 129 cm³/mol. The highest BCUT2D eigenvalue weighted by Crippen LogP contribution is 2.27. The van der Waals surface area contributed by atoms with Gasteiger partial charge in [-0.3, -0.25) is 18.2 Å². The first-order chi connectivity index (χ1) is 15.7. The summed E-state index contributed by atoms with van der Waals surface area (Å²) in [5, 5.41) is 2.76. The van der Waals surface area contributed by atoms with E-state index in [1.807, 2.05) is 6.07 Å². The topological polar surface area (TPSA) is 93.4 Å². The van der Waals surface area contributed by atoms with Crippen LogP contribution in [0, 0.1) is 6.92 Å². The molecule has 4 aromatic rings. The zero-order chi connectivity index (χ0) is 23.8. The van der Waals surface area contributed by atoms with Gasteiger partial charge in [-0.15, -0.1) is 0 Å². The lowest BCUT2D eigenvalue weighted by Gasteiger charge is -2.25. The molecule has 0 aliphatic rings. The Morgan fingerprint density at radius 3 is 2.24 bits per heavy atom. The molecule has 0 unspecified atom stereocenters. The second kappa shape index (κ2) is 8.59. The van der Waals surface area contributed by atoms with E-state index in [0.717, 1.165) is 15.4 Å². The standard InChI is InChI=1S/C24H24N4O4S/c1-17-9-7-8-12-20(17)28(33(31,32)19-10-5-4-6-11-19)16-23(29)25-18-13-14-21-22(15-18)27(3)24(30)26(21)2/h4-15H,16H2,1-3H3,(H,25,29). The van der Waals surface area contributed by atoms with Crippen LogP contribution in [0.5, 0.6) is 0 Å². The molecule has 1 N–H and O–H groups in total. The fourth-order valence-electron chi connectivity index (χ4n) is 3.78. The zero-order valence-electron chi connectivity index (χ0n) is 18.5. The summed E-state index contributed by atoms with van der Waals surface area (Å²) in [5.41, 5.74) is 2.84. The van der Waals surface area contributed by atoms with Crippen molar-refractivity contribution in [1.29, 1.82) is 0 Å². The van der Waals surface area contributed by atoms with Crippen LogP contribution in [0.1, 0.15) is 5.56 Å². The number of amides is 1. The Morgan fingerprint density at radius 1 is 0.909 bits per heavy atom. The highest BCUT2D eigenvalue weighted by Gasteiger charge is 2.28. The van der Waals surface area contributed by atoms with Gasteiger partial charge >= 0.3 is 5.69 Å². The molecular weight excluding hydrogens is 440 g/mol. The maximum Gasteiger partial charge on any atom is 0.328 e. The molecule has 1 heterocycles. The first-order valence-corrected chi connectivity index (χ1v) is 11.7. The van der Waals surface area contributed by atoms with Gasteiger partial charge in [0, 0.05) is 19.8 Å². The van der Waals surface area contributed by atoms with Crippen molar-refractivity contribution in [1.82, 2.24) is 9.13 Å². The number of hydrogen-bond acceptors (Lipinski definition) is 4. The summed E-state index contributed by atoms with van der Waals surface area (Å²) in [7, 11) is -0.651. The average molecular weight is 465 g/mol. The van der Waals surface area contributed by atoms with E-state index in [9.17, 15) is 18.0 Å². The molecule has 1 amide bonds. The number of nitrogens with zero attached hydrogens (tertiary/aromatic N) is 3. The smallest absolute Gasteiger partial charge is 0.324 e. The van der Waals surface area contributed by atoms with Crippen molar-refractivity contribution >= 4 is 38.3 Å². The molecule has 33 heavy (non-hydrogen) atoms. The minimum Gasteiger partial charge on any atom is -0.324 e. The molecule has 0 saturated heterocycles. The van der Waals surface area contributed by atoms with Gasteiger partial charge in [-0.05, 0) is 48.9 Å². The third kappa shape index (κ3) is 4.14. The molecule has 4 rings (SSSR count). The number of fused-ring (bicyclic) bond motifs is 1. The number of hydrogen-bond donors (Lipinski definition) is 1. The van der Waals surface area contributed by atoms with Gasteiger partial charge in [0.15, 0.2) is 0 Å². The Bertz CT molecular complexity index is 1500. The Labute approximate surface area is 191 Å². The van der Waals surface area contributed by atoms with Crippen LogP contribution in [0.2, 0.25) is 0 Å². The van der Waals surface area contributed by atoms with Crippen LogP contribution in [-0.2, 0) is 28.9 Å². The van der Waals surface area contributed by atoms with Crippen LogP contribution in [0.25, 0.3) is 11.0 Å². The Balaban J connectivity index is 1.68. The summed E-state index contributed by atoms with van der Waals surface area (Å²) < 4.78 is 31.0. The zero-order valence-corrected chi connectivity index (χ0v) is 19.3. The van der Waals surface area contributed by atoms with Crippen LogP contribution in [0.15, 0.2) is 82.5 Å². The van der Waals surface area contributed by atoms with Crippen LogP contribution < -0.4 is 15.3 Å². The molecule has 0 spiro atoms. The van der Waals surface area contributed by atoms with Crippen molar-refractivity contribution in [3.05, 3.63) is 88.8 Å². The van der Waals surface area contributed by atoms with Gasteiger partial charge in [0.25, 0.3) is 10.0 Å². The number of carbonyl (C=O) groups is 1. The highest BCUT2D eigenvalue weighted by atomic mass is 32.2. The van der Waals surface area contributed by atoms with Crippen LogP contribution in [0.3, 0.4) is 0 Å². The number of benzene rings is 3. The molecule has 0 atom stereocenters. The summed E-state index contributed by atoms with van der Waals surface area (Å²) in [4.78, 5) is 25.3. The number of aromatic nitrogens is 2. The summed E-state index contributed by atoms with van der Waals surface area (Å²) in [6, 6.07) is 20.2. The lowest BCUT2D eigenvalue weighted by atomic mass is 10.2. The number of carbonyl (C=O) groups excluding carboxylic acids is 1. The molecule has 1 aromatic heterocycles. The molecule has 8 nitrogen and oxygen atoms in total. The van der Waals surface area contributed by atoms with Gasteiger partial charge in [0.1, 0.15) is 6.54 Å². The van der Waals surface area contributed by atoms with E-state index in [1.165, 1.54) is 21.3 Å². The molecule has 3 aromatic carbocycles. The molecular formula is C24H24N4O4S. The number of para-hydroxylation sites is 1. The largest absolute Gasteiger partial charge is 0.328 e. The van der Waals surface area contributed by atoms with E-state index in [2.05, 4.69) is 5.32 Å². The maximum absolute atomic E-state index is 13.4. The third-order valence-electron chi connectivity index (χ3n) is 5.56. The SMILES string of the molecule is Cc1ccccc1N(CC(=O)Nc1ccc2c(c1)n(C)c(=O)n2C)S(=O)(=O)c1ccccc1. The van der Waals surface area contributed by atoms with Crippen LogP contribution in [-0.4, -0.2) is 30.0 Å². The normalized spacial score (nSPS) is 11.5. The van der Waals surface area contributed by atoms with E-state index in [4.69, 9.17) is 0 Å². The average Bonchev–Trinajstić information content (AvgIpc) is 3.02. The fraction of sp³-hybridized carbons (Fsp3) is 0.167. The van der Waals surface area contributed by atoms with Crippen LogP contribution in [0.4, 0.5) is 11.4 Å². The molecule has 0 saturated carbocycles. The summed E-state index contributed by atoms with van der Waals surface area (Å²) in [6.07, 6.45) is 0. The Morgan fingerprint density at radius 2 is 1.55 bits per heavy atom. The number of aryl methyl sites for hydroxylation is 3. The van der Waals surface area contributed by atoms with Gasteiger partial charge in [-0.1, -0.05) is 36.4 Å².